The van der Waals surface area contributed by atoms with Crippen LogP contribution >= 0.6 is 11.8 Å². The SMILES string of the molecule is CCSc1nnc2c(n1)OC(c1c(OC)ccc3ccccc13)Nc1ccccc1-2. The minimum absolute atomic E-state index is 0.457. The fourth-order valence-corrected chi connectivity index (χ4v) is 4.20. The molecule has 0 saturated heterocycles. The van der Waals surface area contributed by atoms with Crippen LogP contribution in [0.15, 0.2) is 65.8 Å². The van der Waals surface area contributed by atoms with Gasteiger partial charge in [0.05, 0.1) is 12.7 Å². The second kappa shape index (κ2) is 7.84. The molecule has 1 atom stereocenters. The van der Waals surface area contributed by atoms with E-state index in [2.05, 4.69) is 45.6 Å². The van der Waals surface area contributed by atoms with Gasteiger partial charge >= 0.3 is 0 Å². The quantitative estimate of drug-likeness (QED) is 0.452. The number of para-hydroxylation sites is 1. The van der Waals surface area contributed by atoms with E-state index in [0.29, 0.717) is 16.7 Å². The molecule has 5 rings (SSSR count). The van der Waals surface area contributed by atoms with Crippen LogP contribution in [-0.4, -0.2) is 28.0 Å². The Balaban J connectivity index is 1.72. The van der Waals surface area contributed by atoms with Gasteiger partial charge in [-0.25, -0.2) is 0 Å². The molecule has 1 aromatic heterocycles. The summed E-state index contributed by atoms with van der Waals surface area (Å²) in [6, 6.07) is 20.2. The van der Waals surface area contributed by atoms with Crippen molar-refractivity contribution in [3.05, 3.63) is 66.2 Å². The summed E-state index contributed by atoms with van der Waals surface area (Å²) in [7, 11) is 1.67. The summed E-state index contributed by atoms with van der Waals surface area (Å²) in [5, 5.41) is 15.0. The first-order valence-corrected chi connectivity index (χ1v) is 10.7. The third-order valence-electron chi connectivity index (χ3n) is 5.02. The van der Waals surface area contributed by atoms with Crippen LogP contribution in [0.25, 0.3) is 22.0 Å². The highest BCUT2D eigenvalue weighted by Gasteiger charge is 2.29. The molecular weight excluding hydrogens is 396 g/mol. The maximum absolute atomic E-state index is 6.45. The first-order chi connectivity index (χ1) is 14.8. The van der Waals surface area contributed by atoms with Crippen molar-refractivity contribution in [3.8, 4) is 22.9 Å². The standard InChI is InChI=1S/C23H20N4O2S/c1-3-30-23-25-22-20(26-27-23)16-10-6-7-11-17(16)24-21(29-22)19-15-9-5-4-8-14(15)12-13-18(19)28-2/h4-13,21,24H,3H2,1-2H3. The van der Waals surface area contributed by atoms with E-state index in [-0.39, 0.29) is 0 Å². The van der Waals surface area contributed by atoms with Gasteiger partial charge in [0.1, 0.15) is 5.75 Å². The molecule has 1 aliphatic heterocycles. The van der Waals surface area contributed by atoms with Crippen molar-refractivity contribution in [2.45, 2.75) is 18.3 Å². The van der Waals surface area contributed by atoms with Crippen LogP contribution in [0, 0.1) is 0 Å². The molecule has 2 heterocycles. The van der Waals surface area contributed by atoms with Gasteiger partial charge in [0.15, 0.2) is 5.69 Å². The van der Waals surface area contributed by atoms with Crippen molar-refractivity contribution in [2.75, 3.05) is 18.2 Å². The molecule has 4 aromatic rings. The van der Waals surface area contributed by atoms with Gasteiger partial charge in [0.25, 0.3) is 0 Å². The molecule has 7 heteroatoms. The number of nitrogens with one attached hydrogen (secondary N) is 1. The van der Waals surface area contributed by atoms with Crippen molar-refractivity contribution >= 4 is 28.2 Å². The average Bonchev–Trinajstić information content (AvgIpc) is 2.94. The van der Waals surface area contributed by atoms with Crippen LogP contribution in [-0.2, 0) is 0 Å². The topological polar surface area (TPSA) is 69.2 Å². The maximum atomic E-state index is 6.45. The molecule has 0 aliphatic carbocycles. The van der Waals surface area contributed by atoms with Gasteiger partial charge < -0.3 is 14.8 Å². The Morgan fingerprint density at radius 2 is 1.87 bits per heavy atom. The number of methoxy groups -OCH3 is 1. The summed E-state index contributed by atoms with van der Waals surface area (Å²) in [6.07, 6.45) is -0.510. The molecule has 1 unspecified atom stereocenters. The van der Waals surface area contributed by atoms with Crippen LogP contribution in [0.1, 0.15) is 18.7 Å². The molecule has 0 spiro atoms. The van der Waals surface area contributed by atoms with E-state index in [9.17, 15) is 0 Å². The minimum atomic E-state index is -0.510. The predicted octanol–water partition coefficient (Wildman–Crippen LogP) is 5.32. The molecule has 30 heavy (non-hydrogen) atoms. The largest absolute Gasteiger partial charge is 0.496 e. The van der Waals surface area contributed by atoms with Crippen molar-refractivity contribution in [1.29, 1.82) is 0 Å². The Hall–Kier alpha value is -3.32. The summed E-state index contributed by atoms with van der Waals surface area (Å²) in [5.41, 5.74) is 3.35. The number of anilines is 1. The highest BCUT2D eigenvalue weighted by Crippen LogP contribution is 2.42. The number of nitrogens with zero attached hydrogens (tertiary/aromatic N) is 3. The van der Waals surface area contributed by atoms with E-state index in [4.69, 9.17) is 9.47 Å². The van der Waals surface area contributed by atoms with Crippen molar-refractivity contribution in [2.24, 2.45) is 0 Å². The van der Waals surface area contributed by atoms with Crippen LogP contribution in [0.2, 0.25) is 0 Å². The van der Waals surface area contributed by atoms with Crippen LogP contribution in [0.5, 0.6) is 11.6 Å². The number of fused-ring (bicyclic) bond motifs is 4. The lowest BCUT2D eigenvalue weighted by Gasteiger charge is -2.23. The molecular formula is C23H20N4O2S. The van der Waals surface area contributed by atoms with E-state index in [1.54, 1.807) is 7.11 Å². The van der Waals surface area contributed by atoms with E-state index in [1.165, 1.54) is 11.8 Å². The zero-order chi connectivity index (χ0) is 20.5. The van der Waals surface area contributed by atoms with Gasteiger partial charge in [-0.05, 0) is 28.7 Å². The number of hydrogen-bond acceptors (Lipinski definition) is 7. The fourth-order valence-electron chi connectivity index (χ4n) is 3.69. The maximum Gasteiger partial charge on any atom is 0.247 e. The molecule has 0 saturated carbocycles. The van der Waals surface area contributed by atoms with E-state index in [0.717, 1.165) is 39.1 Å². The van der Waals surface area contributed by atoms with E-state index < -0.39 is 6.23 Å². The number of hydrogen-bond donors (Lipinski definition) is 1. The Bertz CT molecular complexity index is 1230. The summed E-state index contributed by atoms with van der Waals surface area (Å²) in [4.78, 5) is 4.66. The monoisotopic (exact) mass is 416 g/mol. The zero-order valence-electron chi connectivity index (χ0n) is 16.6. The van der Waals surface area contributed by atoms with Gasteiger partial charge in [-0.2, -0.15) is 4.98 Å². The Kier molecular flexibility index (Phi) is 4.88. The average molecular weight is 417 g/mol. The van der Waals surface area contributed by atoms with Crippen molar-refractivity contribution in [3.63, 3.8) is 0 Å². The first-order valence-electron chi connectivity index (χ1n) is 9.74. The third kappa shape index (κ3) is 3.21. The Morgan fingerprint density at radius 1 is 1.03 bits per heavy atom. The Morgan fingerprint density at radius 3 is 2.73 bits per heavy atom. The van der Waals surface area contributed by atoms with E-state index >= 15 is 0 Å². The highest BCUT2D eigenvalue weighted by atomic mass is 32.2. The number of benzene rings is 3. The lowest BCUT2D eigenvalue weighted by molar-refractivity contribution is 0.221. The number of rotatable bonds is 4. The normalized spacial score (nSPS) is 14.8. The van der Waals surface area contributed by atoms with Crippen molar-refractivity contribution in [1.82, 2.24) is 15.2 Å². The Labute approximate surface area is 178 Å². The molecule has 0 radical (unpaired) electrons. The third-order valence-corrected chi connectivity index (χ3v) is 5.74. The molecule has 150 valence electrons. The lowest BCUT2D eigenvalue weighted by Crippen LogP contribution is -2.18. The molecule has 3 aromatic carbocycles. The zero-order valence-corrected chi connectivity index (χ0v) is 17.4. The first kappa shape index (κ1) is 18.7. The van der Waals surface area contributed by atoms with Crippen molar-refractivity contribution < 1.29 is 9.47 Å². The molecule has 0 fully saturated rings. The second-order valence-electron chi connectivity index (χ2n) is 6.77. The van der Waals surface area contributed by atoms with Gasteiger partial charge in [0.2, 0.25) is 17.3 Å². The van der Waals surface area contributed by atoms with Gasteiger partial charge in [-0.1, -0.05) is 67.2 Å². The summed E-state index contributed by atoms with van der Waals surface area (Å²) in [5.74, 6) is 2.06. The fraction of sp³-hybridized carbons (Fsp3) is 0.174. The minimum Gasteiger partial charge on any atom is -0.496 e. The van der Waals surface area contributed by atoms with Crippen LogP contribution < -0.4 is 14.8 Å². The molecule has 0 amide bonds. The van der Waals surface area contributed by atoms with Crippen LogP contribution in [0.4, 0.5) is 5.69 Å². The number of thioether (sulfide) groups is 1. The smallest absolute Gasteiger partial charge is 0.247 e. The highest BCUT2D eigenvalue weighted by molar-refractivity contribution is 7.99. The van der Waals surface area contributed by atoms with Crippen LogP contribution in [0.3, 0.4) is 0 Å². The lowest BCUT2D eigenvalue weighted by atomic mass is 10.0. The molecule has 6 nitrogen and oxygen atoms in total. The van der Waals surface area contributed by atoms with Gasteiger partial charge in [-0.15, -0.1) is 10.2 Å². The number of ether oxygens (including phenoxy) is 2. The van der Waals surface area contributed by atoms with E-state index in [1.807, 2.05) is 42.5 Å². The second-order valence-corrected chi connectivity index (χ2v) is 8.00. The predicted molar refractivity (Wildman–Crippen MR) is 119 cm³/mol. The molecule has 0 bridgehead atoms. The number of aromatic nitrogens is 3. The van der Waals surface area contributed by atoms with Gasteiger partial charge in [-0.3, -0.25) is 0 Å². The summed E-state index contributed by atoms with van der Waals surface area (Å²) >= 11 is 1.53. The summed E-state index contributed by atoms with van der Waals surface area (Å²) < 4.78 is 12.2. The molecule has 1 N–H and O–H groups in total. The van der Waals surface area contributed by atoms with Gasteiger partial charge in [0, 0.05) is 11.3 Å². The molecule has 1 aliphatic rings. The summed E-state index contributed by atoms with van der Waals surface area (Å²) in [6.45, 7) is 2.06.